The normalized spacial score (nSPS) is 16.8. The monoisotopic (exact) mass is 754 g/mol. The number of fused-ring (bicyclic) bond motifs is 7. The van der Waals surface area contributed by atoms with Crippen LogP contribution in [0.3, 0.4) is 0 Å². The lowest BCUT2D eigenvalue weighted by atomic mass is 9.79. The summed E-state index contributed by atoms with van der Waals surface area (Å²) in [5, 5.41) is 34.7. The third-order valence-electron chi connectivity index (χ3n) is 9.00. The standard InChI is InChI=1S/C35H30O13S3/c36-18-21-3-1-2-4-32(21)22-10-25-12-27-16-30(50(43,44)45)14-23(33(27)37)6-19-5-20(9-29(8-19)49(40,41)42)7-24-15-31(51(46,47)48)17-28(34(24)38)13-26(11-22)35(25)39/h1-5,8-10,14-18,26,37-39H,6-7,11-13H2,(H,40,41,42)(H,43,44,45)(H,46,47,48). The number of aldehydes is 1. The van der Waals surface area contributed by atoms with Gasteiger partial charge in [-0.1, -0.05) is 36.4 Å². The maximum Gasteiger partial charge on any atom is 0.294 e. The molecule has 0 amide bonds. The van der Waals surface area contributed by atoms with Crippen LogP contribution in [0.25, 0.3) is 5.57 Å². The second-order valence-corrected chi connectivity index (χ2v) is 16.8. The average Bonchev–Trinajstić information content (AvgIpc) is 3.04. The molecule has 6 rings (SSSR count). The Balaban J connectivity index is 1.66. The minimum Gasteiger partial charge on any atom is -0.512 e. The molecule has 0 radical (unpaired) electrons. The van der Waals surface area contributed by atoms with Gasteiger partial charge in [-0.3, -0.25) is 18.5 Å². The summed E-state index contributed by atoms with van der Waals surface area (Å²) in [6, 6.07) is 14.2. The summed E-state index contributed by atoms with van der Waals surface area (Å²) in [5.74, 6) is -2.00. The molecule has 13 nitrogen and oxygen atoms in total. The van der Waals surface area contributed by atoms with E-state index in [1.165, 1.54) is 6.07 Å². The summed E-state index contributed by atoms with van der Waals surface area (Å²) in [7, 11) is -14.6. The second-order valence-electron chi connectivity index (χ2n) is 12.5. The minimum absolute atomic E-state index is 0.0160. The number of carbonyl (C=O) groups is 1. The van der Waals surface area contributed by atoms with Crippen molar-refractivity contribution in [1.82, 2.24) is 0 Å². The SMILES string of the molecule is O=Cc1ccccc1C1=CC2=C(O)C(C1)Cc1cc(S(=O)(=O)O)cc(c1O)Cc1cc(cc(S(=O)(=O)O)c1)Cc1cc(S(=O)(=O)O)cc(c1O)C2. The number of aliphatic hydroxyl groups excluding tert-OH is 1. The van der Waals surface area contributed by atoms with Gasteiger partial charge >= 0.3 is 0 Å². The van der Waals surface area contributed by atoms with Gasteiger partial charge in [0, 0.05) is 36.3 Å². The molecule has 16 heteroatoms. The van der Waals surface area contributed by atoms with Crippen molar-refractivity contribution < 1.29 is 59.0 Å². The van der Waals surface area contributed by atoms with E-state index in [0.717, 1.165) is 36.4 Å². The van der Waals surface area contributed by atoms with Crippen molar-refractivity contribution >= 4 is 42.2 Å². The molecule has 0 heterocycles. The lowest BCUT2D eigenvalue weighted by Crippen LogP contribution is -2.17. The number of benzene rings is 4. The average molecular weight is 755 g/mol. The Bertz CT molecular complexity index is 2530. The number of allylic oxidation sites excluding steroid dienone is 4. The van der Waals surface area contributed by atoms with Gasteiger partial charge < -0.3 is 15.3 Å². The zero-order chi connectivity index (χ0) is 37.0. The van der Waals surface area contributed by atoms with Crippen LogP contribution in [0.15, 0.2) is 98.8 Å². The first-order valence-electron chi connectivity index (χ1n) is 15.2. The Hall–Kier alpha value is -4.84. The largest absolute Gasteiger partial charge is 0.512 e. The van der Waals surface area contributed by atoms with Crippen LogP contribution in [-0.4, -0.2) is 60.5 Å². The molecule has 4 aromatic carbocycles. The third kappa shape index (κ3) is 7.46. The fraction of sp³-hybridized carbons (Fsp3) is 0.171. The van der Waals surface area contributed by atoms with E-state index in [2.05, 4.69) is 0 Å². The molecule has 2 aliphatic carbocycles. The smallest absolute Gasteiger partial charge is 0.294 e. The van der Waals surface area contributed by atoms with Crippen LogP contribution >= 0.6 is 0 Å². The van der Waals surface area contributed by atoms with Gasteiger partial charge in [0.2, 0.25) is 0 Å². The first-order valence-corrected chi connectivity index (χ1v) is 19.6. The molecule has 1 unspecified atom stereocenters. The zero-order valence-corrected chi connectivity index (χ0v) is 28.8. The number of carbonyl (C=O) groups excluding carboxylic acids is 1. The van der Waals surface area contributed by atoms with Crippen LogP contribution in [-0.2, 0) is 56.0 Å². The molecule has 2 aliphatic rings. The van der Waals surface area contributed by atoms with Gasteiger partial charge in [0.15, 0.2) is 6.29 Å². The van der Waals surface area contributed by atoms with Gasteiger partial charge in [0.1, 0.15) is 11.5 Å². The van der Waals surface area contributed by atoms with Gasteiger partial charge in [-0.2, -0.15) is 25.3 Å². The highest BCUT2D eigenvalue weighted by Gasteiger charge is 2.30. The maximum absolute atomic E-state index is 12.4. The van der Waals surface area contributed by atoms with Crippen molar-refractivity contribution in [2.45, 2.75) is 46.8 Å². The first-order chi connectivity index (χ1) is 23.8. The van der Waals surface area contributed by atoms with Crippen LogP contribution in [0, 0.1) is 5.92 Å². The molecule has 0 spiro atoms. The minimum atomic E-state index is -4.86. The molecule has 266 valence electrons. The van der Waals surface area contributed by atoms with Crippen LogP contribution in [0.1, 0.15) is 55.7 Å². The molecule has 51 heavy (non-hydrogen) atoms. The summed E-state index contributed by atoms with van der Waals surface area (Å²) in [5.41, 5.74) is 1.55. The number of hydrogen-bond donors (Lipinski definition) is 6. The van der Waals surface area contributed by atoms with E-state index in [0.29, 0.717) is 23.0 Å². The number of phenolic OH excluding ortho intramolecular Hbond substituents is 2. The molecular weight excluding hydrogens is 725 g/mol. The fourth-order valence-electron chi connectivity index (χ4n) is 6.66. The van der Waals surface area contributed by atoms with E-state index in [-0.39, 0.29) is 76.8 Å². The first kappa shape index (κ1) is 36.0. The number of hydrogen-bond acceptors (Lipinski definition) is 10. The van der Waals surface area contributed by atoms with E-state index in [9.17, 15) is 59.0 Å². The van der Waals surface area contributed by atoms with E-state index in [1.54, 1.807) is 30.3 Å². The zero-order valence-electron chi connectivity index (χ0n) is 26.4. The van der Waals surface area contributed by atoms with Gasteiger partial charge in [-0.05, 0) is 93.8 Å². The van der Waals surface area contributed by atoms with E-state index in [1.807, 2.05) is 0 Å². The summed E-state index contributed by atoms with van der Waals surface area (Å²) in [4.78, 5) is 10.2. The Labute approximate surface area is 293 Å². The summed E-state index contributed by atoms with van der Waals surface area (Å²) in [6.07, 6.45) is 1.04. The molecule has 0 aromatic heterocycles. The predicted octanol–water partition coefficient (Wildman–Crippen LogP) is 4.85. The van der Waals surface area contributed by atoms with E-state index in [4.69, 9.17) is 0 Å². The number of phenols is 2. The van der Waals surface area contributed by atoms with Crippen LogP contribution in [0.5, 0.6) is 11.5 Å². The molecule has 0 saturated carbocycles. The second kappa shape index (κ2) is 13.0. The number of aromatic hydroxyl groups is 2. The number of aliphatic hydroxyl groups is 1. The van der Waals surface area contributed by atoms with Crippen molar-refractivity contribution in [2.75, 3.05) is 0 Å². The highest BCUT2D eigenvalue weighted by Crippen LogP contribution is 2.42. The van der Waals surface area contributed by atoms with Crippen molar-refractivity contribution in [3.8, 4) is 11.5 Å². The lowest BCUT2D eigenvalue weighted by Gasteiger charge is -2.27. The topological polar surface area (TPSA) is 241 Å². The van der Waals surface area contributed by atoms with Gasteiger partial charge in [-0.15, -0.1) is 0 Å². The Morgan fingerprint density at radius 2 is 1.06 bits per heavy atom. The highest BCUT2D eigenvalue weighted by molar-refractivity contribution is 7.86. The Kier molecular flexibility index (Phi) is 9.20. The molecule has 0 aliphatic heterocycles. The molecular formula is C35H30O13S3. The Morgan fingerprint density at radius 3 is 1.59 bits per heavy atom. The third-order valence-corrected chi connectivity index (χ3v) is 11.5. The van der Waals surface area contributed by atoms with E-state index >= 15 is 0 Å². The van der Waals surface area contributed by atoms with Crippen molar-refractivity contribution in [2.24, 2.45) is 5.92 Å². The maximum atomic E-state index is 12.4. The van der Waals surface area contributed by atoms with Crippen LogP contribution in [0.4, 0.5) is 0 Å². The van der Waals surface area contributed by atoms with Gasteiger partial charge in [-0.25, -0.2) is 0 Å². The highest BCUT2D eigenvalue weighted by atomic mass is 32.2. The lowest BCUT2D eigenvalue weighted by molar-refractivity contribution is 0.112. The molecule has 6 N–H and O–H groups in total. The molecule has 4 aromatic rings. The van der Waals surface area contributed by atoms with Crippen molar-refractivity contribution in [1.29, 1.82) is 0 Å². The van der Waals surface area contributed by atoms with E-state index < -0.39 is 62.5 Å². The summed E-state index contributed by atoms with van der Waals surface area (Å²) in [6.45, 7) is 0. The van der Waals surface area contributed by atoms with Gasteiger partial charge in [0.25, 0.3) is 30.4 Å². The van der Waals surface area contributed by atoms with Crippen molar-refractivity contribution in [3.63, 3.8) is 0 Å². The predicted molar refractivity (Wildman–Crippen MR) is 183 cm³/mol. The molecule has 8 bridgehead atoms. The van der Waals surface area contributed by atoms with Crippen LogP contribution in [0.2, 0.25) is 0 Å². The van der Waals surface area contributed by atoms with Crippen LogP contribution < -0.4 is 0 Å². The molecule has 1 atom stereocenters. The molecule has 0 fully saturated rings. The summed E-state index contributed by atoms with van der Waals surface area (Å²) >= 11 is 0. The quantitative estimate of drug-likeness (QED) is 0.118. The van der Waals surface area contributed by atoms with Gasteiger partial charge in [0.05, 0.1) is 20.4 Å². The Morgan fingerprint density at radius 1 is 0.588 bits per heavy atom. The summed E-state index contributed by atoms with van der Waals surface area (Å²) < 4.78 is 104. The van der Waals surface area contributed by atoms with Crippen molar-refractivity contribution in [3.05, 3.63) is 129 Å². The fourth-order valence-corrected chi connectivity index (χ4v) is 8.43. The number of rotatable bonds is 5. The molecule has 0 saturated heterocycles.